The average Bonchev–Trinajstić information content (AvgIpc) is 2.82. The second-order valence-corrected chi connectivity index (χ2v) is 11.9. The molecule has 0 bridgehead atoms. The van der Waals surface area contributed by atoms with Gasteiger partial charge in [0.05, 0.1) is 0 Å². The van der Waals surface area contributed by atoms with Gasteiger partial charge in [-0.1, -0.05) is 135 Å². The molecule has 0 aliphatic heterocycles. The molecule has 1 unspecified atom stereocenters. The smallest absolute Gasteiger partial charge is 0.0355 e. The molecule has 0 saturated heterocycles. The van der Waals surface area contributed by atoms with Gasteiger partial charge in [-0.05, 0) is 48.3 Å². The molecule has 0 spiro atoms. The number of hydrogen-bond acceptors (Lipinski definition) is 0. The third kappa shape index (κ3) is 6.74. The van der Waals surface area contributed by atoms with Gasteiger partial charge in [-0.15, -0.1) is 0 Å². The lowest BCUT2D eigenvalue weighted by atomic mass is 9.63. The summed E-state index contributed by atoms with van der Waals surface area (Å²) in [6.07, 6.45) is 35.9. The van der Waals surface area contributed by atoms with Crippen LogP contribution < -0.4 is 0 Å². The lowest BCUT2D eigenvalue weighted by Crippen LogP contribution is -2.31. The fourth-order valence-corrected chi connectivity index (χ4v) is 8.32. The molecular formula is C29H52. The van der Waals surface area contributed by atoms with Crippen LogP contribution in [0.25, 0.3) is 0 Å². The maximum Gasteiger partial charge on any atom is -0.0355 e. The molecule has 0 amide bonds. The molecule has 4 fully saturated rings. The Kier molecular flexibility index (Phi) is 9.30. The monoisotopic (exact) mass is 400 g/mol. The van der Waals surface area contributed by atoms with E-state index in [9.17, 15) is 0 Å². The fourth-order valence-electron chi connectivity index (χ4n) is 8.32. The van der Waals surface area contributed by atoms with Crippen LogP contribution in [0.2, 0.25) is 0 Å². The molecule has 0 heterocycles. The lowest BCUT2D eigenvalue weighted by molar-refractivity contribution is 0.0874. The summed E-state index contributed by atoms with van der Waals surface area (Å²) in [4.78, 5) is 0. The molecule has 29 heavy (non-hydrogen) atoms. The molecule has 4 saturated carbocycles. The first-order chi connectivity index (χ1) is 14.4. The first-order valence-corrected chi connectivity index (χ1v) is 14.4. The Hall–Kier alpha value is 0. The third-order valence-corrected chi connectivity index (χ3v) is 10.1. The molecule has 168 valence electrons. The van der Waals surface area contributed by atoms with E-state index in [1.807, 2.05) is 0 Å². The van der Waals surface area contributed by atoms with Crippen LogP contribution >= 0.6 is 0 Å². The van der Waals surface area contributed by atoms with E-state index in [1.54, 1.807) is 109 Å². The van der Waals surface area contributed by atoms with Gasteiger partial charge in [-0.25, -0.2) is 0 Å². The van der Waals surface area contributed by atoms with Crippen LogP contribution in [0.5, 0.6) is 0 Å². The van der Waals surface area contributed by atoms with Gasteiger partial charge in [0.1, 0.15) is 0 Å². The Labute approximate surface area is 183 Å². The first kappa shape index (κ1) is 22.2. The van der Waals surface area contributed by atoms with Crippen molar-refractivity contribution in [1.82, 2.24) is 0 Å². The minimum atomic E-state index is 1.09. The Morgan fingerprint density at radius 1 is 0.448 bits per heavy atom. The van der Waals surface area contributed by atoms with Crippen molar-refractivity contribution in [2.24, 2.45) is 35.5 Å². The summed E-state index contributed by atoms with van der Waals surface area (Å²) in [6.45, 7) is 0. The molecule has 0 nitrogen and oxygen atoms in total. The third-order valence-electron chi connectivity index (χ3n) is 10.1. The van der Waals surface area contributed by atoms with Crippen molar-refractivity contribution >= 4 is 0 Å². The predicted molar refractivity (Wildman–Crippen MR) is 127 cm³/mol. The summed E-state index contributed by atoms with van der Waals surface area (Å²) in [5, 5.41) is 0. The molecule has 0 aromatic carbocycles. The largest absolute Gasteiger partial charge is 0.0533 e. The summed E-state index contributed by atoms with van der Waals surface area (Å²) in [5.74, 6) is 6.60. The first-order valence-electron chi connectivity index (χ1n) is 14.4. The Balaban J connectivity index is 1.42. The zero-order valence-corrected chi connectivity index (χ0v) is 19.7. The van der Waals surface area contributed by atoms with E-state index >= 15 is 0 Å². The van der Waals surface area contributed by atoms with Gasteiger partial charge < -0.3 is 0 Å². The van der Waals surface area contributed by atoms with E-state index in [0.717, 1.165) is 35.5 Å². The van der Waals surface area contributed by atoms with Crippen LogP contribution in [0.1, 0.15) is 148 Å². The van der Waals surface area contributed by atoms with Crippen molar-refractivity contribution in [2.45, 2.75) is 148 Å². The summed E-state index contributed by atoms with van der Waals surface area (Å²) >= 11 is 0. The summed E-state index contributed by atoms with van der Waals surface area (Å²) in [6, 6.07) is 0. The molecule has 0 aromatic rings. The van der Waals surface area contributed by atoms with Crippen molar-refractivity contribution in [3.05, 3.63) is 0 Å². The molecule has 4 aliphatic rings. The van der Waals surface area contributed by atoms with Gasteiger partial charge in [0.2, 0.25) is 0 Å². The SMILES string of the molecule is C1CCC(CCC(CC(C2CCCCC2)C2CCCCC2)C2CCCCC2)CC1. The lowest BCUT2D eigenvalue weighted by Gasteiger charge is -2.42. The minimum Gasteiger partial charge on any atom is -0.0533 e. The van der Waals surface area contributed by atoms with Crippen LogP contribution in [0.4, 0.5) is 0 Å². The summed E-state index contributed by atoms with van der Waals surface area (Å²) in [5.41, 5.74) is 0. The zero-order chi connectivity index (χ0) is 19.7. The Morgan fingerprint density at radius 3 is 1.34 bits per heavy atom. The highest BCUT2D eigenvalue weighted by Gasteiger charge is 2.35. The Bertz CT molecular complexity index is 397. The van der Waals surface area contributed by atoms with Crippen LogP contribution in [0, 0.1) is 35.5 Å². The van der Waals surface area contributed by atoms with Crippen molar-refractivity contribution < 1.29 is 0 Å². The second-order valence-electron chi connectivity index (χ2n) is 11.9. The molecule has 4 aliphatic carbocycles. The highest BCUT2D eigenvalue weighted by atomic mass is 14.4. The van der Waals surface area contributed by atoms with E-state index in [0.29, 0.717) is 0 Å². The van der Waals surface area contributed by atoms with E-state index in [-0.39, 0.29) is 0 Å². The van der Waals surface area contributed by atoms with Crippen LogP contribution in [0.3, 0.4) is 0 Å². The topological polar surface area (TPSA) is 0 Å². The van der Waals surface area contributed by atoms with Crippen molar-refractivity contribution in [2.75, 3.05) is 0 Å². The average molecular weight is 401 g/mol. The molecule has 0 N–H and O–H groups in total. The normalized spacial score (nSPS) is 28.0. The number of hydrogen-bond donors (Lipinski definition) is 0. The maximum absolute atomic E-state index is 1.65. The second kappa shape index (κ2) is 12.1. The predicted octanol–water partition coefficient (Wildman–Crippen LogP) is 9.71. The van der Waals surface area contributed by atoms with E-state index in [1.165, 1.54) is 38.5 Å². The molecule has 1 atom stereocenters. The van der Waals surface area contributed by atoms with E-state index in [4.69, 9.17) is 0 Å². The van der Waals surface area contributed by atoms with Gasteiger partial charge in [-0.2, -0.15) is 0 Å². The molecule has 4 rings (SSSR count). The standard InChI is InChI=1S/C29H52/c1-5-13-24(14-6-1)21-22-28(25-15-7-2-8-16-25)23-29(26-17-9-3-10-18-26)27-19-11-4-12-20-27/h24-29H,1-23H2. The van der Waals surface area contributed by atoms with Crippen LogP contribution in [-0.4, -0.2) is 0 Å². The number of rotatable bonds is 8. The quantitative estimate of drug-likeness (QED) is 0.380. The maximum atomic E-state index is 1.65. The molecular weight excluding hydrogens is 348 g/mol. The fraction of sp³-hybridized carbons (Fsp3) is 1.00. The highest BCUT2D eigenvalue weighted by Crippen LogP contribution is 2.46. The molecule has 0 radical (unpaired) electrons. The summed E-state index contributed by atoms with van der Waals surface area (Å²) in [7, 11) is 0. The van der Waals surface area contributed by atoms with Crippen LogP contribution in [-0.2, 0) is 0 Å². The Morgan fingerprint density at radius 2 is 0.862 bits per heavy atom. The van der Waals surface area contributed by atoms with E-state index < -0.39 is 0 Å². The van der Waals surface area contributed by atoms with Gasteiger partial charge in [0.25, 0.3) is 0 Å². The highest BCUT2D eigenvalue weighted by molar-refractivity contribution is 4.86. The van der Waals surface area contributed by atoms with E-state index in [2.05, 4.69) is 0 Å². The van der Waals surface area contributed by atoms with Crippen LogP contribution in [0.15, 0.2) is 0 Å². The van der Waals surface area contributed by atoms with Crippen molar-refractivity contribution in [3.63, 3.8) is 0 Å². The summed E-state index contributed by atoms with van der Waals surface area (Å²) < 4.78 is 0. The van der Waals surface area contributed by atoms with Gasteiger partial charge >= 0.3 is 0 Å². The van der Waals surface area contributed by atoms with Crippen molar-refractivity contribution in [3.8, 4) is 0 Å². The molecule has 0 heteroatoms. The van der Waals surface area contributed by atoms with Gasteiger partial charge in [0, 0.05) is 0 Å². The van der Waals surface area contributed by atoms with Crippen molar-refractivity contribution in [1.29, 1.82) is 0 Å². The minimum absolute atomic E-state index is 1.09. The van der Waals surface area contributed by atoms with Gasteiger partial charge in [0.15, 0.2) is 0 Å². The van der Waals surface area contributed by atoms with Gasteiger partial charge in [-0.3, -0.25) is 0 Å². The molecule has 0 aromatic heterocycles. The zero-order valence-electron chi connectivity index (χ0n) is 19.7.